The number of hydrogen-bond acceptors (Lipinski definition) is 4. The Kier molecular flexibility index (Phi) is 5.61. The fraction of sp³-hybridized carbons (Fsp3) is 0.320. The summed E-state index contributed by atoms with van der Waals surface area (Å²) in [6, 6.07) is 15.7. The third-order valence-corrected chi connectivity index (χ3v) is 6.39. The quantitative estimate of drug-likeness (QED) is 0.624. The number of nitrogens with zero attached hydrogens (tertiary/aromatic N) is 1. The SMILES string of the molecule is COC(=O)C1=C(C)N=C2C[C@H](c3ccc(Cl)cc3)CC(=O)C2[C@H]1c1ccc(C)cc1. The van der Waals surface area contributed by atoms with Crippen molar-refractivity contribution in [3.8, 4) is 0 Å². The van der Waals surface area contributed by atoms with Crippen LogP contribution in [-0.4, -0.2) is 24.6 Å². The molecule has 3 atom stereocenters. The molecule has 0 spiro atoms. The summed E-state index contributed by atoms with van der Waals surface area (Å²) in [4.78, 5) is 30.8. The van der Waals surface area contributed by atoms with Gasteiger partial charge in [-0.05, 0) is 49.4 Å². The van der Waals surface area contributed by atoms with Crippen LogP contribution in [0.15, 0.2) is 64.8 Å². The van der Waals surface area contributed by atoms with Crippen molar-refractivity contribution in [3.05, 3.63) is 81.5 Å². The van der Waals surface area contributed by atoms with Crippen molar-refractivity contribution in [2.75, 3.05) is 7.11 Å². The first-order valence-electron chi connectivity index (χ1n) is 10.1. The molecule has 4 nitrogen and oxygen atoms in total. The maximum Gasteiger partial charge on any atom is 0.336 e. The molecule has 0 aromatic heterocycles. The zero-order chi connectivity index (χ0) is 21.4. The number of ether oxygens (including phenoxy) is 1. The van der Waals surface area contributed by atoms with Crippen LogP contribution in [0.1, 0.15) is 48.3 Å². The van der Waals surface area contributed by atoms with E-state index in [1.807, 2.05) is 62.4 Å². The summed E-state index contributed by atoms with van der Waals surface area (Å²) in [5, 5.41) is 0.676. The van der Waals surface area contributed by atoms with Crippen LogP contribution in [-0.2, 0) is 14.3 Å². The van der Waals surface area contributed by atoms with E-state index in [2.05, 4.69) is 0 Å². The smallest absolute Gasteiger partial charge is 0.336 e. The summed E-state index contributed by atoms with van der Waals surface area (Å²) in [5.41, 5.74) is 5.11. The number of aliphatic imine (C=N–C) groups is 1. The first-order valence-corrected chi connectivity index (χ1v) is 10.5. The molecule has 5 heteroatoms. The van der Waals surface area contributed by atoms with Crippen molar-refractivity contribution in [2.45, 2.75) is 38.5 Å². The van der Waals surface area contributed by atoms with Gasteiger partial charge in [-0.25, -0.2) is 4.79 Å². The molecule has 2 aliphatic rings. The van der Waals surface area contributed by atoms with Gasteiger partial charge in [0.15, 0.2) is 0 Å². The summed E-state index contributed by atoms with van der Waals surface area (Å²) in [7, 11) is 1.37. The molecule has 1 aliphatic heterocycles. The van der Waals surface area contributed by atoms with Crippen molar-refractivity contribution in [3.63, 3.8) is 0 Å². The number of Topliss-reactive ketones (excluding diaryl/α,β-unsaturated/α-hetero) is 1. The van der Waals surface area contributed by atoms with Crippen LogP contribution in [0, 0.1) is 12.8 Å². The molecule has 4 rings (SSSR count). The Morgan fingerprint density at radius 2 is 1.60 bits per heavy atom. The zero-order valence-corrected chi connectivity index (χ0v) is 18.1. The number of aryl methyl sites for hydroxylation is 1. The van der Waals surface area contributed by atoms with Gasteiger partial charge in [0.1, 0.15) is 5.78 Å². The Morgan fingerprint density at radius 1 is 0.967 bits per heavy atom. The van der Waals surface area contributed by atoms with Gasteiger partial charge in [-0.1, -0.05) is 53.6 Å². The van der Waals surface area contributed by atoms with Crippen LogP contribution in [0.4, 0.5) is 0 Å². The molecule has 154 valence electrons. The van der Waals surface area contributed by atoms with Gasteiger partial charge in [0, 0.05) is 28.8 Å². The molecule has 1 heterocycles. The Hall–Kier alpha value is -2.72. The van der Waals surface area contributed by atoms with Gasteiger partial charge in [-0.3, -0.25) is 9.79 Å². The third-order valence-electron chi connectivity index (χ3n) is 6.14. The fourth-order valence-electron chi connectivity index (χ4n) is 4.66. The van der Waals surface area contributed by atoms with E-state index in [1.54, 1.807) is 0 Å². The van der Waals surface area contributed by atoms with Crippen molar-refractivity contribution in [2.24, 2.45) is 10.9 Å². The molecule has 0 amide bonds. The zero-order valence-electron chi connectivity index (χ0n) is 17.3. The van der Waals surface area contributed by atoms with Gasteiger partial charge in [0.05, 0.1) is 18.6 Å². The number of esters is 1. The van der Waals surface area contributed by atoms with E-state index in [0.29, 0.717) is 29.1 Å². The molecule has 2 aromatic carbocycles. The van der Waals surface area contributed by atoms with Gasteiger partial charge in [-0.15, -0.1) is 0 Å². The summed E-state index contributed by atoms with van der Waals surface area (Å²) in [6.07, 6.45) is 1.10. The lowest BCUT2D eigenvalue weighted by Gasteiger charge is -2.38. The number of benzene rings is 2. The molecule has 0 bridgehead atoms. The normalized spacial score (nSPS) is 23.7. The topological polar surface area (TPSA) is 55.7 Å². The van der Waals surface area contributed by atoms with Crippen LogP contribution < -0.4 is 0 Å². The van der Waals surface area contributed by atoms with E-state index in [-0.39, 0.29) is 17.6 Å². The summed E-state index contributed by atoms with van der Waals surface area (Å²) in [6.45, 7) is 3.84. The Labute approximate surface area is 181 Å². The number of fused-ring (bicyclic) bond motifs is 1. The van der Waals surface area contributed by atoms with Crippen LogP contribution in [0.5, 0.6) is 0 Å². The number of carbonyl (C=O) groups excluding carboxylic acids is 2. The summed E-state index contributed by atoms with van der Waals surface area (Å²) < 4.78 is 5.06. The van der Waals surface area contributed by atoms with E-state index in [0.717, 1.165) is 22.4 Å². The highest BCUT2D eigenvalue weighted by molar-refractivity contribution is 6.30. The first kappa shape index (κ1) is 20.5. The van der Waals surface area contributed by atoms with Gasteiger partial charge in [0.2, 0.25) is 0 Å². The monoisotopic (exact) mass is 421 g/mol. The van der Waals surface area contributed by atoms with Crippen molar-refractivity contribution < 1.29 is 14.3 Å². The largest absolute Gasteiger partial charge is 0.466 e. The van der Waals surface area contributed by atoms with Crippen LogP contribution in [0.25, 0.3) is 0 Å². The second-order valence-electron chi connectivity index (χ2n) is 8.08. The molecule has 2 aromatic rings. The average molecular weight is 422 g/mol. The minimum Gasteiger partial charge on any atom is -0.466 e. The summed E-state index contributed by atoms with van der Waals surface area (Å²) >= 11 is 6.03. The van der Waals surface area contributed by atoms with E-state index < -0.39 is 11.9 Å². The number of allylic oxidation sites excluding steroid dienone is 1. The van der Waals surface area contributed by atoms with E-state index in [9.17, 15) is 9.59 Å². The predicted molar refractivity (Wildman–Crippen MR) is 118 cm³/mol. The van der Waals surface area contributed by atoms with E-state index >= 15 is 0 Å². The first-order chi connectivity index (χ1) is 14.4. The van der Waals surface area contributed by atoms with E-state index in [4.69, 9.17) is 21.3 Å². The van der Waals surface area contributed by atoms with Gasteiger partial charge >= 0.3 is 5.97 Å². The minimum atomic E-state index is -0.436. The number of carbonyl (C=O) groups is 2. The highest BCUT2D eigenvalue weighted by atomic mass is 35.5. The molecule has 1 unspecified atom stereocenters. The number of ketones is 1. The highest BCUT2D eigenvalue weighted by Crippen LogP contribution is 2.46. The maximum atomic E-state index is 13.4. The number of hydrogen-bond donors (Lipinski definition) is 0. The number of halogens is 1. The molecule has 1 fully saturated rings. The summed E-state index contributed by atoms with van der Waals surface area (Å²) in [5.74, 6) is -1.05. The molecule has 0 radical (unpaired) electrons. The second kappa shape index (κ2) is 8.19. The lowest BCUT2D eigenvalue weighted by atomic mass is 9.66. The fourth-order valence-corrected chi connectivity index (χ4v) is 4.78. The molecule has 0 N–H and O–H groups in total. The van der Waals surface area contributed by atoms with Gasteiger partial charge in [0.25, 0.3) is 0 Å². The molecule has 1 saturated carbocycles. The Bertz CT molecular complexity index is 1050. The average Bonchev–Trinajstić information content (AvgIpc) is 2.73. The molecular formula is C25H24ClNO3. The van der Waals surface area contributed by atoms with E-state index in [1.165, 1.54) is 7.11 Å². The van der Waals surface area contributed by atoms with Gasteiger partial charge < -0.3 is 4.74 Å². The van der Waals surface area contributed by atoms with Crippen LogP contribution in [0.3, 0.4) is 0 Å². The second-order valence-corrected chi connectivity index (χ2v) is 8.52. The third kappa shape index (κ3) is 3.72. The van der Waals surface area contributed by atoms with Crippen LogP contribution in [0.2, 0.25) is 5.02 Å². The molecule has 1 aliphatic carbocycles. The standard InChI is InChI=1S/C25H24ClNO3/c1-14-4-6-17(7-5-14)23-22(25(29)30-3)15(2)27-20-12-18(13-21(28)24(20)23)16-8-10-19(26)11-9-16/h4-11,18,23-24H,12-13H2,1-3H3/t18-,23-,24?/m0/s1. The molecule has 30 heavy (non-hydrogen) atoms. The van der Waals surface area contributed by atoms with Crippen molar-refractivity contribution in [1.82, 2.24) is 0 Å². The van der Waals surface area contributed by atoms with Crippen LogP contribution >= 0.6 is 11.6 Å². The molecule has 0 saturated heterocycles. The molecular weight excluding hydrogens is 398 g/mol. The number of rotatable bonds is 3. The lowest BCUT2D eigenvalue weighted by molar-refractivity contribution is -0.136. The van der Waals surface area contributed by atoms with Crippen molar-refractivity contribution >= 4 is 29.1 Å². The predicted octanol–water partition coefficient (Wildman–Crippen LogP) is 5.40. The Morgan fingerprint density at radius 3 is 2.23 bits per heavy atom. The maximum absolute atomic E-state index is 13.4. The van der Waals surface area contributed by atoms with Crippen molar-refractivity contribution in [1.29, 1.82) is 0 Å². The number of methoxy groups -OCH3 is 1. The lowest BCUT2D eigenvalue weighted by Crippen LogP contribution is -2.41. The Balaban J connectivity index is 1.78. The minimum absolute atomic E-state index is 0.0657. The van der Waals surface area contributed by atoms with Gasteiger partial charge in [-0.2, -0.15) is 0 Å². The highest BCUT2D eigenvalue weighted by Gasteiger charge is 2.45.